The van der Waals surface area contributed by atoms with Crippen molar-refractivity contribution in [2.75, 3.05) is 0 Å². The molecule has 0 amide bonds. The van der Waals surface area contributed by atoms with Gasteiger partial charge in [0.1, 0.15) is 0 Å². The Morgan fingerprint density at radius 3 is 1.13 bits per heavy atom. The first kappa shape index (κ1) is 22.8. The Kier molecular flexibility index (Phi) is 5.89. The zero-order valence-electron chi connectivity index (χ0n) is 9.75. The summed E-state index contributed by atoms with van der Waals surface area (Å²) >= 11 is 3.53. The lowest BCUT2D eigenvalue weighted by molar-refractivity contribution is -0.436. The Morgan fingerprint density at radius 2 is 0.870 bits per heavy atom. The molecule has 0 atom stereocenters. The van der Waals surface area contributed by atoms with Gasteiger partial charge >= 0.3 is 35.8 Å². The van der Waals surface area contributed by atoms with E-state index in [1.807, 2.05) is 15.9 Å². The molecular weight excluding hydrogens is 503 g/mol. The largest absolute Gasteiger partial charge is 0.460 e. The fraction of sp³-hybridized carbons (Fsp3) is 0.750. The van der Waals surface area contributed by atoms with Crippen LogP contribution in [0.15, 0.2) is 9.47 Å². The minimum atomic E-state index is -7.88. The SMILES string of the molecule is FC(F)(F)C(F)(F)C(F)(F)C(F)(F)C(F)(F)C(F)(F)C(Br)=CBr. The monoisotopic (exact) mass is 502 g/mol. The van der Waals surface area contributed by atoms with E-state index in [1.165, 1.54) is 0 Å². The molecule has 15 heteroatoms. The fourth-order valence-electron chi connectivity index (χ4n) is 0.988. The topological polar surface area (TPSA) is 0 Å². The van der Waals surface area contributed by atoms with Gasteiger partial charge in [0.25, 0.3) is 0 Å². The second kappa shape index (κ2) is 5.95. The van der Waals surface area contributed by atoms with Crippen molar-refractivity contribution >= 4 is 31.9 Å². The third-order valence-electron chi connectivity index (χ3n) is 2.33. The number of halogens is 15. The smallest absolute Gasteiger partial charge is 0.193 e. The van der Waals surface area contributed by atoms with Crippen LogP contribution < -0.4 is 0 Å². The maximum Gasteiger partial charge on any atom is 0.460 e. The van der Waals surface area contributed by atoms with Crippen LogP contribution >= 0.6 is 31.9 Å². The molecule has 0 aromatic carbocycles. The lowest BCUT2D eigenvalue weighted by Gasteiger charge is -2.39. The number of alkyl halides is 13. The average Bonchev–Trinajstić information content (AvgIpc) is 2.35. The maximum atomic E-state index is 13.1. The first-order valence-electron chi connectivity index (χ1n) is 4.65. The predicted octanol–water partition coefficient (Wildman–Crippen LogP) is 6.36. The third kappa shape index (κ3) is 3.06. The lowest BCUT2D eigenvalue weighted by atomic mass is 9.94. The zero-order chi connectivity index (χ0) is 19.3. The van der Waals surface area contributed by atoms with Crippen molar-refractivity contribution in [2.24, 2.45) is 0 Å². The van der Waals surface area contributed by atoms with Gasteiger partial charge in [-0.15, -0.1) is 0 Å². The van der Waals surface area contributed by atoms with E-state index in [-0.39, 0.29) is 4.99 Å². The molecular formula is C8HBr2F13. The molecule has 0 aromatic heterocycles. The van der Waals surface area contributed by atoms with E-state index in [0.717, 1.165) is 0 Å². The highest BCUT2D eigenvalue weighted by Crippen LogP contribution is 2.61. The minimum absolute atomic E-state index is 0.197. The highest BCUT2D eigenvalue weighted by molar-refractivity contribution is 9.14. The average molecular weight is 504 g/mol. The second-order valence-electron chi connectivity index (χ2n) is 3.83. The summed E-state index contributed by atoms with van der Waals surface area (Å²) in [7, 11) is 0. The van der Waals surface area contributed by atoms with Crippen LogP contribution in [0.1, 0.15) is 0 Å². The Morgan fingerprint density at radius 1 is 0.565 bits per heavy atom. The van der Waals surface area contributed by atoms with E-state index in [1.54, 1.807) is 15.9 Å². The number of hydrogen-bond donors (Lipinski definition) is 0. The summed E-state index contributed by atoms with van der Waals surface area (Å²) in [5.74, 6) is -36.9. The summed E-state index contributed by atoms with van der Waals surface area (Å²) in [6.45, 7) is 0. The molecule has 0 spiro atoms. The molecule has 0 radical (unpaired) electrons. The van der Waals surface area contributed by atoms with Gasteiger partial charge in [0.2, 0.25) is 0 Å². The van der Waals surface area contributed by atoms with Crippen molar-refractivity contribution in [3.8, 4) is 0 Å². The molecule has 23 heavy (non-hydrogen) atoms. The van der Waals surface area contributed by atoms with E-state index < -0.39 is 40.3 Å². The summed E-state index contributed by atoms with van der Waals surface area (Å²) < 4.78 is 162. The molecule has 0 saturated carbocycles. The highest BCUT2D eigenvalue weighted by atomic mass is 79.9. The van der Waals surface area contributed by atoms with Gasteiger partial charge in [-0.3, -0.25) is 0 Å². The van der Waals surface area contributed by atoms with Crippen LogP contribution in [-0.2, 0) is 0 Å². The van der Waals surface area contributed by atoms with Crippen LogP contribution in [0.2, 0.25) is 0 Å². The summed E-state index contributed by atoms with van der Waals surface area (Å²) in [6, 6.07) is 0. The van der Waals surface area contributed by atoms with Gasteiger partial charge in [-0.05, 0) is 20.9 Å². The first-order valence-corrected chi connectivity index (χ1v) is 6.36. The van der Waals surface area contributed by atoms with Crippen molar-refractivity contribution in [3.05, 3.63) is 9.47 Å². The normalized spacial score (nSPS) is 16.7. The second-order valence-corrected chi connectivity index (χ2v) is 5.14. The molecule has 0 rings (SSSR count). The van der Waals surface area contributed by atoms with Gasteiger partial charge in [0.05, 0.1) is 4.48 Å². The van der Waals surface area contributed by atoms with E-state index in [4.69, 9.17) is 0 Å². The van der Waals surface area contributed by atoms with E-state index in [0.29, 0.717) is 0 Å². The number of hydrogen-bond acceptors (Lipinski definition) is 0. The lowest BCUT2D eigenvalue weighted by Crippen LogP contribution is -2.70. The van der Waals surface area contributed by atoms with Gasteiger partial charge in [0.15, 0.2) is 0 Å². The zero-order valence-corrected chi connectivity index (χ0v) is 12.9. The van der Waals surface area contributed by atoms with Crippen LogP contribution in [0, 0.1) is 0 Å². The molecule has 0 fully saturated rings. The van der Waals surface area contributed by atoms with Crippen molar-refractivity contribution in [1.82, 2.24) is 0 Å². The van der Waals surface area contributed by atoms with Crippen LogP contribution in [-0.4, -0.2) is 35.8 Å². The van der Waals surface area contributed by atoms with Crippen molar-refractivity contribution in [2.45, 2.75) is 35.8 Å². The van der Waals surface area contributed by atoms with Crippen molar-refractivity contribution in [1.29, 1.82) is 0 Å². The Labute approximate surface area is 134 Å². The van der Waals surface area contributed by atoms with Gasteiger partial charge in [-0.25, -0.2) is 0 Å². The Bertz CT molecular complexity index is 475. The summed E-state index contributed by atoms with van der Waals surface area (Å²) in [5, 5.41) is 0. The Hall–Kier alpha value is -0.210. The molecule has 0 aliphatic heterocycles. The summed E-state index contributed by atoms with van der Waals surface area (Å²) in [4.78, 5) is -0.197. The molecule has 0 nitrogen and oxygen atoms in total. The van der Waals surface area contributed by atoms with E-state index >= 15 is 0 Å². The quantitative estimate of drug-likeness (QED) is 0.383. The van der Waals surface area contributed by atoms with Crippen molar-refractivity contribution < 1.29 is 57.1 Å². The van der Waals surface area contributed by atoms with Crippen LogP contribution in [0.5, 0.6) is 0 Å². The van der Waals surface area contributed by atoms with Crippen LogP contribution in [0.4, 0.5) is 57.1 Å². The standard InChI is InChI=1S/C8HBr2F13/c9-1-2(10)3(11,12)4(13,14)5(15,16)6(17,18)7(19,20)8(21,22)23/h1H. The molecule has 0 aliphatic carbocycles. The van der Waals surface area contributed by atoms with Gasteiger partial charge in [0, 0.05) is 0 Å². The molecule has 0 N–H and O–H groups in total. The molecule has 0 aliphatic rings. The van der Waals surface area contributed by atoms with Crippen molar-refractivity contribution in [3.63, 3.8) is 0 Å². The molecule has 0 unspecified atom stereocenters. The fourth-order valence-corrected chi connectivity index (χ4v) is 1.52. The van der Waals surface area contributed by atoms with E-state index in [2.05, 4.69) is 0 Å². The minimum Gasteiger partial charge on any atom is -0.193 e. The van der Waals surface area contributed by atoms with Gasteiger partial charge in [-0.1, -0.05) is 15.9 Å². The molecule has 0 saturated heterocycles. The molecule has 0 heterocycles. The van der Waals surface area contributed by atoms with E-state index in [9.17, 15) is 57.1 Å². The Balaban J connectivity index is 6.36. The molecule has 0 bridgehead atoms. The number of rotatable bonds is 5. The van der Waals surface area contributed by atoms with Gasteiger partial charge in [-0.2, -0.15) is 57.1 Å². The number of allylic oxidation sites excluding steroid dienone is 1. The molecule has 138 valence electrons. The van der Waals surface area contributed by atoms with Crippen LogP contribution in [0.3, 0.4) is 0 Å². The summed E-state index contributed by atoms with van der Waals surface area (Å²) in [5.41, 5.74) is 0. The van der Waals surface area contributed by atoms with Gasteiger partial charge < -0.3 is 0 Å². The first-order chi connectivity index (χ1) is 9.73. The third-order valence-corrected chi connectivity index (χ3v) is 4.13. The maximum absolute atomic E-state index is 13.1. The summed E-state index contributed by atoms with van der Waals surface area (Å²) in [6.07, 6.45) is -7.41. The van der Waals surface area contributed by atoms with Crippen LogP contribution in [0.25, 0.3) is 0 Å². The molecule has 0 aromatic rings. The highest BCUT2D eigenvalue weighted by Gasteiger charge is 2.91. The predicted molar refractivity (Wildman–Crippen MR) is 56.7 cm³/mol.